The smallest absolute Gasteiger partial charge is 0.230 e. The highest BCUT2D eigenvalue weighted by Crippen LogP contribution is 2.28. The molecule has 0 spiro atoms. The molecule has 0 N–H and O–H groups in total. The van der Waals surface area contributed by atoms with Gasteiger partial charge in [0.15, 0.2) is 0 Å². The van der Waals surface area contributed by atoms with E-state index >= 15 is 0 Å². The van der Waals surface area contributed by atoms with E-state index in [0.29, 0.717) is 21.5 Å². The molecule has 2 aromatic carbocycles. The van der Waals surface area contributed by atoms with Gasteiger partial charge in [-0.2, -0.15) is 0 Å². The van der Waals surface area contributed by atoms with E-state index in [1.54, 1.807) is 36.4 Å². The van der Waals surface area contributed by atoms with Crippen molar-refractivity contribution in [1.29, 1.82) is 0 Å². The monoisotopic (exact) mass is 424 g/mol. The largest absolute Gasteiger partial charge is 0.457 e. The molecule has 0 atom stereocenters. The van der Waals surface area contributed by atoms with E-state index in [-0.39, 0.29) is 6.79 Å². The van der Waals surface area contributed by atoms with Gasteiger partial charge in [0.25, 0.3) is 0 Å². The highest BCUT2D eigenvalue weighted by Gasteiger charge is 2.02. The van der Waals surface area contributed by atoms with Crippen LogP contribution in [0.4, 0.5) is 0 Å². The quantitative estimate of drug-likeness (QED) is 0.564. The number of hydrogen-bond acceptors (Lipinski definition) is 2. The molecule has 2 nitrogen and oxygen atoms in total. The van der Waals surface area contributed by atoms with Crippen molar-refractivity contribution in [3.05, 3.63) is 55.4 Å². The van der Waals surface area contributed by atoms with Crippen LogP contribution in [0.3, 0.4) is 0 Å². The topological polar surface area (TPSA) is 18.5 Å². The van der Waals surface area contributed by atoms with Crippen molar-refractivity contribution in [1.82, 2.24) is 0 Å². The van der Waals surface area contributed by atoms with Crippen LogP contribution >= 0.6 is 55.1 Å². The highest BCUT2D eigenvalue weighted by atomic mass is 79.9. The SMILES string of the molecule is Clc1ccc(OCOc2ccc(Cl)c(Br)c2)cc1Br. The lowest BCUT2D eigenvalue weighted by Crippen LogP contribution is -2.05. The molecule has 0 unspecified atom stereocenters. The van der Waals surface area contributed by atoms with Crippen LogP contribution in [0, 0.1) is 0 Å². The van der Waals surface area contributed by atoms with E-state index < -0.39 is 0 Å². The van der Waals surface area contributed by atoms with Crippen molar-refractivity contribution in [2.45, 2.75) is 0 Å². The Labute approximate surface area is 137 Å². The molecule has 0 heterocycles. The normalized spacial score (nSPS) is 10.3. The summed E-state index contributed by atoms with van der Waals surface area (Å²) in [4.78, 5) is 0. The molecule has 0 saturated carbocycles. The van der Waals surface area contributed by atoms with Crippen molar-refractivity contribution in [2.24, 2.45) is 0 Å². The Balaban J connectivity index is 1.92. The second kappa shape index (κ2) is 6.84. The Morgan fingerprint density at radius 2 is 1.21 bits per heavy atom. The number of rotatable bonds is 4. The first-order valence-corrected chi connectivity index (χ1v) is 7.56. The van der Waals surface area contributed by atoms with Gasteiger partial charge in [0, 0.05) is 8.95 Å². The van der Waals surface area contributed by atoms with Crippen molar-refractivity contribution in [3.8, 4) is 11.5 Å². The van der Waals surface area contributed by atoms with Gasteiger partial charge in [0.2, 0.25) is 6.79 Å². The fraction of sp³-hybridized carbons (Fsp3) is 0.0769. The van der Waals surface area contributed by atoms with Gasteiger partial charge in [-0.1, -0.05) is 23.2 Å². The molecule has 19 heavy (non-hydrogen) atoms. The summed E-state index contributed by atoms with van der Waals surface area (Å²) in [6, 6.07) is 10.6. The van der Waals surface area contributed by atoms with Gasteiger partial charge in [-0.25, -0.2) is 0 Å². The molecular formula is C13H8Br2Cl2O2. The van der Waals surface area contributed by atoms with E-state index in [1.165, 1.54) is 0 Å². The van der Waals surface area contributed by atoms with Crippen LogP contribution in [0.2, 0.25) is 10.0 Å². The van der Waals surface area contributed by atoms with Gasteiger partial charge in [0.05, 0.1) is 10.0 Å². The minimum atomic E-state index is 0.0993. The molecule has 0 radical (unpaired) electrons. The van der Waals surface area contributed by atoms with Gasteiger partial charge >= 0.3 is 0 Å². The minimum absolute atomic E-state index is 0.0993. The second-order valence-electron chi connectivity index (χ2n) is 3.56. The molecule has 0 aliphatic rings. The third-order valence-electron chi connectivity index (χ3n) is 2.23. The summed E-state index contributed by atoms with van der Waals surface area (Å²) in [7, 11) is 0. The predicted octanol–water partition coefficient (Wildman–Crippen LogP) is 5.93. The third kappa shape index (κ3) is 4.28. The van der Waals surface area contributed by atoms with Crippen LogP contribution in [0.25, 0.3) is 0 Å². The minimum Gasteiger partial charge on any atom is -0.457 e. The van der Waals surface area contributed by atoms with Crippen LogP contribution in [-0.4, -0.2) is 6.79 Å². The Hall–Kier alpha value is -0.420. The first kappa shape index (κ1) is 15.0. The molecule has 0 aliphatic carbocycles. The fourth-order valence-electron chi connectivity index (χ4n) is 1.30. The average Bonchev–Trinajstić information content (AvgIpc) is 2.38. The van der Waals surface area contributed by atoms with Crippen LogP contribution in [0.1, 0.15) is 0 Å². The lowest BCUT2D eigenvalue weighted by atomic mass is 10.3. The van der Waals surface area contributed by atoms with Crippen LogP contribution in [0.5, 0.6) is 11.5 Å². The Morgan fingerprint density at radius 1 is 0.789 bits per heavy atom. The van der Waals surface area contributed by atoms with Crippen molar-refractivity contribution in [2.75, 3.05) is 6.79 Å². The lowest BCUT2D eigenvalue weighted by Gasteiger charge is -2.09. The maximum absolute atomic E-state index is 5.89. The van der Waals surface area contributed by atoms with E-state index in [0.717, 1.165) is 8.95 Å². The Morgan fingerprint density at radius 3 is 1.58 bits per heavy atom. The van der Waals surface area contributed by atoms with Crippen LogP contribution < -0.4 is 9.47 Å². The van der Waals surface area contributed by atoms with Crippen LogP contribution in [0.15, 0.2) is 45.3 Å². The standard InChI is InChI=1S/C13H8Br2Cl2O2/c14-10-5-8(1-3-12(10)16)18-7-19-9-2-4-13(17)11(15)6-9/h1-6H,7H2. The lowest BCUT2D eigenvalue weighted by molar-refractivity contribution is 0.119. The first-order chi connectivity index (χ1) is 9.06. The molecule has 0 fully saturated rings. The van der Waals surface area contributed by atoms with E-state index in [9.17, 15) is 0 Å². The molecular weight excluding hydrogens is 419 g/mol. The van der Waals surface area contributed by atoms with E-state index in [2.05, 4.69) is 31.9 Å². The van der Waals surface area contributed by atoms with Gasteiger partial charge in [-0.15, -0.1) is 0 Å². The summed E-state index contributed by atoms with van der Waals surface area (Å²) >= 11 is 18.4. The Bertz CT molecular complexity index is 539. The molecule has 100 valence electrons. The maximum Gasteiger partial charge on any atom is 0.230 e. The summed E-state index contributed by atoms with van der Waals surface area (Å²) in [5.74, 6) is 1.34. The molecule has 2 rings (SSSR count). The van der Waals surface area contributed by atoms with E-state index in [4.69, 9.17) is 32.7 Å². The van der Waals surface area contributed by atoms with Gasteiger partial charge in [-0.05, 0) is 68.3 Å². The average molecular weight is 427 g/mol. The van der Waals surface area contributed by atoms with E-state index in [1.807, 2.05) is 0 Å². The Kier molecular flexibility index (Phi) is 5.39. The summed E-state index contributed by atoms with van der Waals surface area (Å²) in [5.41, 5.74) is 0. The van der Waals surface area contributed by atoms with Gasteiger partial charge < -0.3 is 9.47 Å². The zero-order chi connectivity index (χ0) is 13.8. The summed E-state index contributed by atoms with van der Waals surface area (Å²) < 4.78 is 12.5. The second-order valence-corrected chi connectivity index (χ2v) is 6.08. The molecule has 0 aliphatic heterocycles. The number of ether oxygens (including phenoxy) is 2. The molecule has 0 amide bonds. The first-order valence-electron chi connectivity index (χ1n) is 5.22. The third-order valence-corrected chi connectivity index (χ3v) is 4.66. The number of benzene rings is 2. The summed E-state index contributed by atoms with van der Waals surface area (Å²) in [5, 5.41) is 1.27. The molecule has 6 heteroatoms. The molecule has 0 bridgehead atoms. The van der Waals surface area contributed by atoms with Gasteiger partial charge in [-0.3, -0.25) is 0 Å². The number of hydrogen-bond donors (Lipinski definition) is 0. The van der Waals surface area contributed by atoms with Crippen molar-refractivity contribution < 1.29 is 9.47 Å². The summed E-state index contributed by atoms with van der Waals surface area (Å²) in [6.07, 6.45) is 0. The fourth-order valence-corrected chi connectivity index (χ4v) is 2.25. The van der Waals surface area contributed by atoms with Gasteiger partial charge in [0.1, 0.15) is 11.5 Å². The molecule has 2 aromatic rings. The van der Waals surface area contributed by atoms with Crippen LogP contribution in [-0.2, 0) is 0 Å². The van der Waals surface area contributed by atoms with Crippen molar-refractivity contribution in [3.63, 3.8) is 0 Å². The molecule has 0 saturated heterocycles. The zero-order valence-electron chi connectivity index (χ0n) is 9.50. The maximum atomic E-state index is 5.89. The molecule has 0 aromatic heterocycles. The number of halogens is 4. The predicted molar refractivity (Wildman–Crippen MR) is 84.4 cm³/mol. The highest BCUT2D eigenvalue weighted by molar-refractivity contribution is 9.10. The zero-order valence-corrected chi connectivity index (χ0v) is 14.2. The van der Waals surface area contributed by atoms with Crippen molar-refractivity contribution >= 4 is 55.1 Å². The summed E-state index contributed by atoms with van der Waals surface area (Å²) in [6.45, 7) is 0.0993.